The highest BCUT2D eigenvalue weighted by molar-refractivity contribution is 6.29. The average Bonchev–Trinajstić information content (AvgIpc) is 2.26. The van der Waals surface area contributed by atoms with Gasteiger partial charge < -0.3 is 15.2 Å². The van der Waals surface area contributed by atoms with Crippen LogP contribution in [0.2, 0.25) is 5.15 Å². The lowest BCUT2D eigenvalue weighted by atomic mass is 10.1. The van der Waals surface area contributed by atoms with E-state index >= 15 is 0 Å². The number of carboxylic acid groups (broad SMARTS) is 1. The Balaban J connectivity index is 2.89. The van der Waals surface area contributed by atoms with Crippen LogP contribution in [0.3, 0.4) is 0 Å². The van der Waals surface area contributed by atoms with E-state index in [1.165, 1.54) is 12.1 Å². The molecule has 0 spiro atoms. The first-order chi connectivity index (χ1) is 7.85. The zero-order valence-corrected chi connectivity index (χ0v) is 10.7. The number of nitrogens with one attached hydrogen (secondary N) is 1. The van der Waals surface area contributed by atoms with Crippen LogP contribution in [-0.2, 0) is 4.74 Å². The van der Waals surface area contributed by atoms with E-state index < -0.39 is 11.6 Å². The first kappa shape index (κ1) is 13.7. The molecular weight excluding hydrogens is 244 g/mol. The van der Waals surface area contributed by atoms with Crippen molar-refractivity contribution in [1.29, 1.82) is 0 Å². The van der Waals surface area contributed by atoms with Gasteiger partial charge in [-0.15, -0.1) is 0 Å². The van der Waals surface area contributed by atoms with Gasteiger partial charge in [-0.05, 0) is 26.0 Å². The number of ether oxygens (including phenoxy) is 1. The van der Waals surface area contributed by atoms with E-state index in [2.05, 4.69) is 10.3 Å². The Bertz CT molecular complexity index is 421. The molecule has 1 aromatic rings. The molecule has 0 bridgehead atoms. The zero-order valence-electron chi connectivity index (χ0n) is 9.95. The molecule has 17 heavy (non-hydrogen) atoms. The number of methoxy groups -OCH3 is 1. The number of nitrogens with zero attached hydrogens (tertiary/aromatic N) is 1. The lowest BCUT2D eigenvalue weighted by molar-refractivity contribution is 0.0342. The molecule has 0 aliphatic rings. The molecule has 1 rings (SSSR count). The summed E-state index contributed by atoms with van der Waals surface area (Å²) in [5.74, 6) is -0.804. The molecule has 94 valence electrons. The molecule has 0 aliphatic heterocycles. The van der Waals surface area contributed by atoms with Crippen molar-refractivity contribution in [2.45, 2.75) is 19.4 Å². The Kier molecular flexibility index (Phi) is 4.31. The molecule has 0 fully saturated rings. The third-order valence-corrected chi connectivity index (χ3v) is 2.54. The fourth-order valence-corrected chi connectivity index (χ4v) is 1.26. The molecule has 1 aromatic heterocycles. The molecular formula is C11H15ClN2O3. The number of hydrogen-bond acceptors (Lipinski definition) is 4. The number of carbonyl (C=O) groups is 1. The molecule has 0 unspecified atom stereocenters. The number of halogens is 1. The summed E-state index contributed by atoms with van der Waals surface area (Å²) in [5, 5.41) is 12.2. The quantitative estimate of drug-likeness (QED) is 0.793. The number of rotatable bonds is 5. The predicted octanol–water partition coefficient (Wildman–Crippen LogP) is 2.27. The van der Waals surface area contributed by atoms with Gasteiger partial charge in [-0.2, -0.15) is 0 Å². The highest BCUT2D eigenvalue weighted by atomic mass is 35.5. The summed E-state index contributed by atoms with van der Waals surface area (Å²) in [6.45, 7) is 4.19. The van der Waals surface area contributed by atoms with Crippen molar-refractivity contribution in [2.24, 2.45) is 0 Å². The number of aromatic carboxylic acids is 1. The van der Waals surface area contributed by atoms with Crippen molar-refractivity contribution in [1.82, 2.24) is 4.98 Å². The molecule has 0 atom stereocenters. The SMILES string of the molecule is COC(C)(C)CNc1nc(Cl)ccc1C(=O)O. The van der Waals surface area contributed by atoms with Gasteiger partial charge in [0.25, 0.3) is 0 Å². The van der Waals surface area contributed by atoms with E-state index in [0.717, 1.165) is 0 Å². The molecule has 0 saturated carbocycles. The number of anilines is 1. The van der Waals surface area contributed by atoms with E-state index in [-0.39, 0.29) is 16.5 Å². The summed E-state index contributed by atoms with van der Waals surface area (Å²) in [6, 6.07) is 2.86. The summed E-state index contributed by atoms with van der Waals surface area (Å²) >= 11 is 5.73. The molecule has 0 aromatic carbocycles. The summed E-state index contributed by atoms with van der Waals surface area (Å²) in [7, 11) is 1.59. The van der Waals surface area contributed by atoms with Gasteiger partial charge in [0.05, 0.1) is 5.60 Å². The monoisotopic (exact) mass is 258 g/mol. The van der Waals surface area contributed by atoms with Gasteiger partial charge in [-0.3, -0.25) is 0 Å². The fourth-order valence-electron chi connectivity index (χ4n) is 1.11. The van der Waals surface area contributed by atoms with Crippen LogP contribution in [0.25, 0.3) is 0 Å². The fraction of sp³-hybridized carbons (Fsp3) is 0.455. The zero-order chi connectivity index (χ0) is 13.1. The van der Waals surface area contributed by atoms with Crippen LogP contribution >= 0.6 is 11.6 Å². The van der Waals surface area contributed by atoms with Crippen molar-refractivity contribution in [3.63, 3.8) is 0 Å². The minimum absolute atomic E-state index is 0.0845. The lowest BCUT2D eigenvalue weighted by Crippen LogP contribution is -2.32. The average molecular weight is 259 g/mol. The second-order valence-corrected chi connectivity index (χ2v) is 4.54. The topological polar surface area (TPSA) is 71.5 Å². The van der Waals surface area contributed by atoms with E-state index in [4.69, 9.17) is 21.4 Å². The minimum atomic E-state index is -1.05. The summed E-state index contributed by atoms with van der Waals surface area (Å²) in [6.07, 6.45) is 0. The molecule has 0 saturated heterocycles. The third kappa shape index (κ3) is 3.87. The van der Waals surface area contributed by atoms with Crippen LogP contribution in [-0.4, -0.2) is 35.3 Å². The van der Waals surface area contributed by atoms with Gasteiger partial charge >= 0.3 is 5.97 Å². The van der Waals surface area contributed by atoms with Crippen LogP contribution in [0.15, 0.2) is 12.1 Å². The highest BCUT2D eigenvalue weighted by Gasteiger charge is 2.18. The van der Waals surface area contributed by atoms with E-state index in [9.17, 15) is 4.79 Å². The first-order valence-corrected chi connectivity index (χ1v) is 5.42. The van der Waals surface area contributed by atoms with Crippen molar-refractivity contribution in [3.05, 3.63) is 22.8 Å². The standard InChI is InChI=1S/C11H15ClN2O3/c1-11(2,17-3)6-13-9-7(10(15)16)4-5-8(12)14-9/h4-5H,6H2,1-3H3,(H,13,14)(H,15,16). The molecule has 0 aliphatic carbocycles. The Morgan fingerprint density at radius 1 is 1.59 bits per heavy atom. The molecule has 0 radical (unpaired) electrons. The maximum absolute atomic E-state index is 11.0. The van der Waals surface area contributed by atoms with Gasteiger partial charge in [0.1, 0.15) is 16.5 Å². The molecule has 2 N–H and O–H groups in total. The second kappa shape index (κ2) is 5.33. The van der Waals surface area contributed by atoms with E-state index in [1.807, 2.05) is 13.8 Å². The van der Waals surface area contributed by atoms with Crippen molar-refractivity contribution in [3.8, 4) is 0 Å². The minimum Gasteiger partial charge on any atom is -0.478 e. The number of carboxylic acids is 1. The van der Waals surface area contributed by atoms with Crippen LogP contribution in [0, 0.1) is 0 Å². The second-order valence-electron chi connectivity index (χ2n) is 4.15. The van der Waals surface area contributed by atoms with Crippen molar-refractivity contribution < 1.29 is 14.6 Å². The molecule has 1 heterocycles. The van der Waals surface area contributed by atoms with Crippen LogP contribution in [0.1, 0.15) is 24.2 Å². The van der Waals surface area contributed by atoms with Crippen molar-refractivity contribution in [2.75, 3.05) is 19.0 Å². The number of hydrogen-bond donors (Lipinski definition) is 2. The van der Waals surface area contributed by atoms with Crippen LogP contribution in [0.4, 0.5) is 5.82 Å². The summed E-state index contributed by atoms with van der Waals surface area (Å²) in [4.78, 5) is 14.9. The number of pyridine rings is 1. The highest BCUT2D eigenvalue weighted by Crippen LogP contribution is 2.18. The Morgan fingerprint density at radius 2 is 2.24 bits per heavy atom. The number of aromatic nitrogens is 1. The van der Waals surface area contributed by atoms with Gasteiger partial charge in [0, 0.05) is 13.7 Å². The van der Waals surface area contributed by atoms with Gasteiger partial charge in [0.15, 0.2) is 0 Å². The van der Waals surface area contributed by atoms with Gasteiger partial charge in [0.2, 0.25) is 0 Å². The van der Waals surface area contributed by atoms with Gasteiger partial charge in [-0.1, -0.05) is 11.6 Å². The van der Waals surface area contributed by atoms with Crippen molar-refractivity contribution >= 4 is 23.4 Å². The maximum atomic E-state index is 11.0. The Morgan fingerprint density at radius 3 is 2.76 bits per heavy atom. The predicted molar refractivity (Wildman–Crippen MR) is 65.8 cm³/mol. The van der Waals surface area contributed by atoms with E-state index in [1.54, 1.807) is 7.11 Å². The van der Waals surface area contributed by atoms with E-state index in [0.29, 0.717) is 6.54 Å². The smallest absolute Gasteiger partial charge is 0.339 e. The largest absolute Gasteiger partial charge is 0.478 e. The van der Waals surface area contributed by atoms with Gasteiger partial charge in [-0.25, -0.2) is 9.78 Å². The lowest BCUT2D eigenvalue weighted by Gasteiger charge is -2.23. The van der Waals surface area contributed by atoms with Crippen LogP contribution in [0.5, 0.6) is 0 Å². The van der Waals surface area contributed by atoms with Crippen LogP contribution < -0.4 is 5.32 Å². The first-order valence-electron chi connectivity index (χ1n) is 5.04. The molecule has 6 heteroatoms. The summed E-state index contributed by atoms with van der Waals surface area (Å²) < 4.78 is 5.22. The molecule has 0 amide bonds. The maximum Gasteiger partial charge on any atom is 0.339 e. The Hall–Kier alpha value is -1.33. The summed E-state index contributed by atoms with van der Waals surface area (Å²) in [5.41, 5.74) is -0.332. The molecule has 5 nitrogen and oxygen atoms in total. The Labute approximate surface area is 105 Å². The normalized spacial score (nSPS) is 11.3. The third-order valence-electron chi connectivity index (χ3n) is 2.33.